The van der Waals surface area contributed by atoms with Crippen LogP contribution in [-0.2, 0) is 4.79 Å². The van der Waals surface area contributed by atoms with Gasteiger partial charge in [0.25, 0.3) is 0 Å². The molecule has 0 saturated heterocycles. The second-order valence-corrected chi connectivity index (χ2v) is 4.11. The van der Waals surface area contributed by atoms with Crippen molar-refractivity contribution in [2.75, 3.05) is 0 Å². The topological polar surface area (TPSA) is 30.0 Å². The summed E-state index contributed by atoms with van der Waals surface area (Å²) in [5, 5.41) is 0. The van der Waals surface area contributed by atoms with Crippen molar-refractivity contribution in [1.82, 2.24) is 4.98 Å². The van der Waals surface area contributed by atoms with Crippen molar-refractivity contribution >= 4 is 23.7 Å². The van der Waals surface area contributed by atoms with Gasteiger partial charge in [0.2, 0.25) is 0 Å². The van der Waals surface area contributed by atoms with Gasteiger partial charge in [-0.15, -0.1) is 11.3 Å². The molecule has 0 atom stereocenters. The van der Waals surface area contributed by atoms with Crippen LogP contribution in [0.5, 0.6) is 0 Å². The fraction of sp³-hybridized carbons (Fsp3) is 0.400. The van der Waals surface area contributed by atoms with Crippen molar-refractivity contribution in [1.29, 1.82) is 0 Å². The van der Waals surface area contributed by atoms with Crippen molar-refractivity contribution in [2.24, 2.45) is 5.92 Å². The molecule has 0 aliphatic carbocycles. The van der Waals surface area contributed by atoms with Gasteiger partial charge < -0.3 is 0 Å². The summed E-state index contributed by atoms with van der Waals surface area (Å²) < 4.78 is 0. The lowest BCUT2D eigenvalue weighted by Crippen LogP contribution is -1.94. The van der Waals surface area contributed by atoms with Gasteiger partial charge in [0.05, 0.1) is 16.1 Å². The fourth-order valence-corrected chi connectivity index (χ4v) is 1.69. The number of aryl methyl sites for hydroxylation is 1. The lowest BCUT2D eigenvalue weighted by atomic mass is 10.0. The highest BCUT2D eigenvalue weighted by molar-refractivity contribution is 7.10. The predicted octanol–water partition coefficient (Wildman–Crippen LogP) is 2.69. The van der Waals surface area contributed by atoms with E-state index in [4.69, 9.17) is 0 Å². The summed E-state index contributed by atoms with van der Waals surface area (Å²) in [6.07, 6.45) is 2.84. The molecule has 0 unspecified atom stereocenters. The summed E-state index contributed by atoms with van der Waals surface area (Å²) in [4.78, 5) is 15.9. The molecule has 0 aliphatic heterocycles. The molecule has 70 valence electrons. The van der Waals surface area contributed by atoms with Gasteiger partial charge in [-0.2, -0.15) is 0 Å². The van der Waals surface area contributed by atoms with Gasteiger partial charge in [0, 0.05) is 0 Å². The zero-order valence-electron chi connectivity index (χ0n) is 8.07. The van der Waals surface area contributed by atoms with Crippen molar-refractivity contribution in [3.63, 3.8) is 0 Å². The number of carbonyl (C=O) groups is 1. The van der Waals surface area contributed by atoms with Crippen LogP contribution >= 0.6 is 11.3 Å². The third-order valence-electron chi connectivity index (χ3n) is 1.88. The molecule has 0 saturated carbocycles. The number of aromatic nitrogens is 1. The molecule has 1 heterocycles. The molecule has 1 aromatic heterocycles. The molecule has 3 heteroatoms. The standard InChI is InChI=1S/C10H13NOS/c1-7(2)9(5-12)4-10-8(3)11-6-13-10/h4-7H,1-3H3/b9-4+. The van der Waals surface area contributed by atoms with Gasteiger partial charge in [0.15, 0.2) is 0 Å². The Morgan fingerprint density at radius 2 is 2.31 bits per heavy atom. The molecule has 0 spiro atoms. The van der Waals surface area contributed by atoms with Gasteiger partial charge >= 0.3 is 0 Å². The number of hydrogen-bond acceptors (Lipinski definition) is 3. The minimum absolute atomic E-state index is 0.277. The van der Waals surface area contributed by atoms with Crippen molar-refractivity contribution in [2.45, 2.75) is 20.8 Å². The van der Waals surface area contributed by atoms with Crippen molar-refractivity contribution < 1.29 is 4.79 Å². The number of rotatable bonds is 3. The highest BCUT2D eigenvalue weighted by Crippen LogP contribution is 2.18. The van der Waals surface area contributed by atoms with E-state index in [0.29, 0.717) is 0 Å². The van der Waals surface area contributed by atoms with Crippen LogP contribution in [-0.4, -0.2) is 11.3 Å². The molecule has 1 rings (SSSR count). The molecule has 0 radical (unpaired) electrons. The first-order valence-corrected chi connectivity index (χ1v) is 5.10. The summed E-state index contributed by atoms with van der Waals surface area (Å²) in [6, 6.07) is 0. The maximum absolute atomic E-state index is 10.7. The Morgan fingerprint density at radius 1 is 1.62 bits per heavy atom. The lowest BCUT2D eigenvalue weighted by molar-refractivity contribution is -0.105. The number of carbonyl (C=O) groups excluding carboxylic acids is 1. The van der Waals surface area contributed by atoms with Crippen LogP contribution in [0.3, 0.4) is 0 Å². The van der Waals surface area contributed by atoms with Crippen LogP contribution in [0.4, 0.5) is 0 Å². The molecule has 1 aromatic rings. The number of nitrogens with zero attached hydrogens (tertiary/aromatic N) is 1. The van der Waals surface area contributed by atoms with Crippen LogP contribution < -0.4 is 0 Å². The second kappa shape index (κ2) is 4.33. The van der Waals surface area contributed by atoms with E-state index < -0.39 is 0 Å². The van der Waals surface area contributed by atoms with E-state index >= 15 is 0 Å². The van der Waals surface area contributed by atoms with Crippen LogP contribution in [0.1, 0.15) is 24.4 Å². The first-order chi connectivity index (χ1) is 6.15. The fourth-order valence-electron chi connectivity index (χ4n) is 0.938. The highest BCUT2D eigenvalue weighted by Gasteiger charge is 2.04. The zero-order valence-corrected chi connectivity index (χ0v) is 8.89. The first kappa shape index (κ1) is 10.1. The summed E-state index contributed by atoms with van der Waals surface area (Å²) in [5.74, 6) is 0.277. The van der Waals surface area contributed by atoms with Gasteiger partial charge in [-0.25, -0.2) is 4.98 Å². The van der Waals surface area contributed by atoms with Crippen LogP contribution in [0.2, 0.25) is 0 Å². The maximum Gasteiger partial charge on any atom is 0.146 e. The Kier molecular flexibility index (Phi) is 3.37. The number of allylic oxidation sites excluding steroid dienone is 1. The van der Waals surface area contributed by atoms with Gasteiger partial charge in [-0.05, 0) is 24.5 Å². The second-order valence-electron chi connectivity index (χ2n) is 3.22. The third kappa shape index (κ3) is 2.49. The quantitative estimate of drug-likeness (QED) is 0.548. The van der Waals surface area contributed by atoms with Crippen molar-refractivity contribution in [3.8, 4) is 0 Å². The third-order valence-corrected chi connectivity index (χ3v) is 2.76. The maximum atomic E-state index is 10.7. The molecular weight excluding hydrogens is 182 g/mol. The van der Waals surface area contributed by atoms with Gasteiger partial charge in [0.1, 0.15) is 6.29 Å². The number of hydrogen-bond donors (Lipinski definition) is 0. The summed E-state index contributed by atoms with van der Waals surface area (Å²) in [6.45, 7) is 5.97. The minimum atomic E-state index is 0.277. The van der Waals surface area contributed by atoms with Crippen LogP contribution in [0, 0.1) is 12.8 Å². The first-order valence-electron chi connectivity index (χ1n) is 4.22. The van der Waals surface area contributed by atoms with E-state index in [1.165, 1.54) is 0 Å². The van der Waals surface area contributed by atoms with E-state index in [1.807, 2.05) is 26.8 Å². The van der Waals surface area contributed by atoms with E-state index in [0.717, 1.165) is 22.4 Å². The minimum Gasteiger partial charge on any atom is -0.298 e. The number of aldehydes is 1. The highest BCUT2D eigenvalue weighted by atomic mass is 32.1. The average Bonchev–Trinajstić information content (AvgIpc) is 2.46. The van der Waals surface area contributed by atoms with Gasteiger partial charge in [-0.3, -0.25) is 4.79 Å². The normalized spacial score (nSPS) is 12.2. The summed E-state index contributed by atoms with van der Waals surface area (Å²) in [7, 11) is 0. The predicted molar refractivity (Wildman–Crippen MR) is 55.7 cm³/mol. The molecule has 0 fully saturated rings. The largest absolute Gasteiger partial charge is 0.298 e. The molecular formula is C10H13NOS. The molecule has 0 aliphatic rings. The Balaban J connectivity index is 2.98. The smallest absolute Gasteiger partial charge is 0.146 e. The van der Waals surface area contributed by atoms with Crippen LogP contribution in [0.25, 0.3) is 6.08 Å². The van der Waals surface area contributed by atoms with E-state index in [9.17, 15) is 4.79 Å². The van der Waals surface area contributed by atoms with Crippen LogP contribution in [0.15, 0.2) is 11.1 Å². The molecule has 0 bridgehead atoms. The number of thiazole rings is 1. The van der Waals surface area contributed by atoms with Crippen molar-refractivity contribution in [3.05, 3.63) is 21.7 Å². The Bertz CT molecular complexity index is 325. The molecule has 0 aromatic carbocycles. The summed E-state index contributed by atoms with van der Waals surface area (Å²) in [5.41, 5.74) is 3.61. The molecule has 13 heavy (non-hydrogen) atoms. The molecule has 2 nitrogen and oxygen atoms in total. The SMILES string of the molecule is Cc1ncsc1/C=C(\C=O)C(C)C. The summed E-state index contributed by atoms with van der Waals surface area (Å²) >= 11 is 1.56. The monoisotopic (exact) mass is 195 g/mol. The van der Waals surface area contributed by atoms with E-state index in [-0.39, 0.29) is 5.92 Å². The molecule has 0 amide bonds. The Morgan fingerprint density at radius 3 is 2.69 bits per heavy atom. The lowest BCUT2D eigenvalue weighted by Gasteiger charge is -2.01. The molecule has 0 N–H and O–H groups in total. The average molecular weight is 195 g/mol. The van der Waals surface area contributed by atoms with Gasteiger partial charge in [-0.1, -0.05) is 13.8 Å². The van der Waals surface area contributed by atoms with E-state index in [1.54, 1.807) is 16.8 Å². The van der Waals surface area contributed by atoms with E-state index in [2.05, 4.69) is 4.98 Å². The Labute approximate surface area is 82.3 Å². The Hall–Kier alpha value is -0.960. The zero-order chi connectivity index (χ0) is 9.84.